The summed E-state index contributed by atoms with van der Waals surface area (Å²) in [6, 6.07) is 41.3. The quantitative estimate of drug-likeness (QED) is 0.106. The van der Waals surface area contributed by atoms with Crippen LogP contribution in [0.1, 0.15) is 120 Å². The summed E-state index contributed by atoms with van der Waals surface area (Å²) in [6.45, 7) is 15.6. The van der Waals surface area contributed by atoms with Crippen molar-refractivity contribution in [3.8, 4) is 22.3 Å². The average Bonchev–Trinajstić information content (AvgIpc) is 3.81. The molecule has 1 aliphatic carbocycles. The molecule has 1 atom stereocenters. The van der Waals surface area contributed by atoms with Crippen molar-refractivity contribution < 1.29 is 20.8 Å². The number of hydrogen-bond acceptors (Lipinski definition) is 0. The zero-order valence-corrected chi connectivity index (χ0v) is 37.5. The van der Waals surface area contributed by atoms with Crippen molar-refractivity contribution in [1.82, 2.24) is 0 Å². The van der Waals surface area contributed by atoms with Gasteiger partial charge < -0.3 is 0 Å². The number of rotatable bonds is 8. The predicted molar refractivity (Wildman–Crippen MR) is 232 cm³/mol. The van der Waals surface area contributed by atoms with Crippen LogP contribution in [0, 0.1) is 0 Å². The Morgan fingerprint density at radius 1 is 0.712 bits per heavy atom. The summed E-state index contributed by atoms with van der Waals surface area (Å²) in [5.41, 5.74) is 11.3. The number of aryl methyl sites for hydroxylation is 1. The van der Waals surface area contributed by atoms with Gasteiger partial charge >= 0.3 is 37.9 Å². The minimum absolute atomic E-state index is 0.584. The molecule has 6 aromatic carbocycles. The van der Waals surface area contributed by atoms with Crippen LogP contribution in [0.15, 0.2) is 109 Å². The van der Waals surface area contributed by atoms with Crippen LogP contribution in [0.3, 0.4) is 0 Å². The van der Waals surface area contributed by atoms with Gasteiger partial charge in [-0.1, -0.05) is 145 Å². The van der Waals surface area contributed by atoms with Crippen LogP contribution >= 0.6 is 17.0 Å². The Labute approximate surface area is 337 Å². The van der Waals surface area contributed by atoms with Gasteiger partial charge in [0, 0.05) is 9.52 Å². The fourth-order valence-electron chi connectivity index (χ4n) is 7.56. The van der Waals surface area contributed by atoms with E-state index < -0.39 is 20.8 Å². The minimum atomic E-state index is -0.826. The van der Waals surface area contributed by atoms with E-state index in [4.69, 9.17) is 17.0 Å². The Balaban J connectivity index is 0.000000202. The van der Waals surface area contributed by atoms with Crippen LogP contribution in [0.5, 0.6) is 0 Å². The van der Waals surface area contributed by atoms with Gasteiger partial charge in [0.15, 0.2) is 0 Å². The molecule has 7 rings (SSSR count). The van der Waals surface area contributed by atoms with Gasteiger partial charge in [-0.2, -0.15) is 12.1 Å². The Bertz CT molecular complexity index is 1890. The molecule has 0 N–H and O–H groups in total. The van der Waals surface area contributed by atoms with Gasteiger partial charge in [-0.25, -0.2) is 0 Å². The van der Waals surface area contributed by atoms with E-state index in [9.17, 15) is 0 Å². The van der Waals surface area contributed by atoms with Crippen molar-refractivity contribution in [1.29, 1.82) is 0 Å². The summed E-state index contributed by atoms with van der Waals surface area (Å²) in [4.78, 5) is 0. The van der Waals surface area contributed by atoms with Crippen LogP contribution < -0.4 is 0 Å². The molecule has 1 fully saturated rings. The molecule has 0 heterocycles. The molecule has 0 saturated heterocycles. The Hall–Kier alpha value is -2.22. The molecule has 4 heteroatoms. The van der Waals surface area contributed by atoms with Crippen LogP contribution in [0.2, 0.25) is 13.1 Å². The zero-order valence-electron chi connectivity index (χ0n) is 32.5. The molecule has 2 radical (unpaired) electrons. The molecule has 0 aliphatic heterocycles. The number of hydrogen-bond donors (Lipinski definition) is 0. The fraction of sp³-hybridized carbons (Fsp3) is 0.375. The number of benzene rings is 4. The van der Waals surface area contributed by atoms with E-state index in [1.54, 1.807) is 0 Å². The number of fused-ring (bicyclic) bond motifs is 2. The Morgan fingerprint density at radius 3 is 1.75 bits per heavy atom. The second-order valence-corrected chi connectivity index (χ2v) is 19.3. The first-order valence-electron chi connectivity index (χ1n) is 19.4. The fourth-order valence-corrected chi connectivity index (χ4v) is 7.56. The zero-order chi connectivity index (χ0) is 37.5. The van der Waals surface area contributed by atoms with E-state index in [1.807, 2.05) is 0 Å². The summed E-state index contributed by atoms with van der Waals surface area (Å²) in [6.07, 6.45) is 10.6. The van der Waals surface area contributed by atoms with E-state index in [0.29, 0.717) is 11.8 Å². The van der Waals surface area contributed by atoms with E-state index in [1.165, 1.54) is 111 Å². The summed E-state index contributed by atoms with van der Waals surface area (Å²) < 4.78 is 0. The Kier molecular flexibility index (Phi) is 18.2. The van der Waals surface area contributed by atoms with Crippen LogP contribution in [0.25, 0.3) is 43.8 Å². The van der Waals surface area contributed by atoms with Gasteiger partial charge in [-0.15, -0.1) is 69.1 Å². The maximum atomic E-state index is 4.93. The monoisotopic (exact) mass is 822 g/mol. The van der Waals surface area contributed by atoms with Gasteiger partial charge in [-0.3, -0.25) is 0 Å². The van der Waals surface area contributed by atoms with Crippen LogP contribution in [-0.2, 0) is 27.3 Å². The summed E-state index contributed by atoms with van der Waals surface area (Å²) >= 11 is -0.826. The summed E-state index contributed by atoms with van der Waals surface area (Å²) in [7, 11) is 11.0. The molecule has 0 bridgehead atoms. The molecule has 272 valence electrons. The van der Waals surface area contributed by atoms with Crippen molar-refractivity contribution >= 4 is 48.1 Å². The topological polar surface area (TPSA) is 0 Å². The third-order valence-corrected chi connectivity index (χ3v) is 10.5. The van der Waals surface area contributed by atoms with Crippen molar-refractivity contribution in [2.45, 2.75) is 117 Å². The first kappa shape index (κ1) is 42.5. The van der Waals surface area contributed by atoms with Crippen LogP contribution in [-0.4, -0.2) is 9.52 Å². The molecule has 1 saturated carbocycles. The standard InChI is InChI=1S/C23H25.C23H27.C2H6Si.2ClH.Zr/c1-2-17-15-21-9-6-10-22(23(21)16-17)20-13-11-19(12-14-20)18-7-4-3-5-8-18;1-5-7-17(4)21-14-20-8-6-9-22(23(20)15-21)19-12-10-18(11-13-19)16(2)3;1-3-2;;;/h6,9-16,18H,2-5,7-8H2,1H3;6,8-17H,5,7H2,1-4H3;1-2H3;2*1H;/q2*-1;;;;+4/p-2. The Morgan fingerprint density at radius 2 is 1.23 bits per heavy atom. The SMILES string of the molecule is CCCC(C)c1cc2c(-c3ccc(C(C)C)cc3)cccc2[cH-]1.CCc1cc2c(-c3ccc(C4CCCCC4)cc3)cccc2[cH-]1.C[Si]C.[Cl][Zr+2][Cl]. The molecule has 1 aliphatic rings. The average molecular weight is 825 g/mol. The summed E-state index contributed by atoms with van der Waals surface area (Å²) in [5.74, 6) is 2.02. The van der Waals surface area contributed by atoms with Gasteiger partial charge in [0.1, 0.15) is 0 Å². The molecule has 0 amide bonds. The van der Waals surface area contributed by atoms with Crippen LogP contribution in [0.4, 0.5) is 0 Å². The van der Waals surface area contributed by atoms with Gasteiger partial charge in [0.2, 0.25) is 0 Å². The molecule has 52 heavy (non-hydrogen) atoms. The van der Waals surface area contributed by atoms with Crippen molar-refractivity contribution in [2.24, 2.45) is 0 Å². The normalized spacial score (nSPS) is 13.3. The van der Waals surface area contributed by atoms with Crippen molar-refractivity contribution in [3.63, 3.8) is 0 Å². The summed E-state index contributed by atoms with van der Waals surface area (Å²) in [5, 5.41) is 5.53. The van der Waals surface area contributed by atoms with Gasteiger partial charge in [0.25, 0.3) is 0 Å². The molecule has 6 aromatic rings. The molecule has 0 aromatic heterocycles. The molecule has 0 nitrogen and oxygen atoms in total. The predicted octanol–water partition coefficient (Wildman–Crippen LogP) is 16.3. The van der Waals surface area contributed by atoms with Crippen molar-refractivity contribution in [2.75, 3.05) is 0 Å². The third kappa shape index (κ3) is 11.6. The molecule has 0 spiro atoms. The second-order valence-electron chi connectivity index (χ2n) is 14.6. The third-order valence-electron chi connectivity index (χ3n) is 10.5. The first-order chi connectivity index (χ1) is 25.3. The van der Waals surface area contributed by atoms with E-state index >= 15 is 0 Å². The molecular formula is C48H58Cl2SiZr. The van der Waals surface area contributed by atoms with E-state index in [0.717, 1.165) is 21.9 Å². The first-order valence-corrected chi connectivity index (χ1v) is 27.7. The van der Waals surface area contributed by atoms with E-state index in [2.05, 4.69) is 157 Å². The second kappa shape index (κ2) is 22.2. The maximum absolute atomic E-state index is 4.93. The molecular weight excluding hydrogens is 767 g/mol. The van der Waals surface area contributed by atoms with Gasteiger partial charge in [0.05, 0.1) is 0 Å². The number of halogens is 2. The van der Waals surface area contributed by atoms with E-state index in [-0.39, 0.29) is 0 Å². The molecule has 1 unspecified atom stereocenters. The van der Waals surface area contributed by atoms with Gasteiger partial charge in [-0.05, 0) is 65.7 Å². The van der Waals surface area contributed by atoms with Crippen molar-refractivity contribution in [3.05, 3.63) is 131 Å².